The summed E-state index contributed by atoms with van der Waals surface area (Å²) in [6.45, 7) is 2.31. The molecule has 2 atom stereocenters. The lowest BCUT2D eigenvalue weighted by atomic mass is 9.96. The van der Waals surface area contributed by atoms with Crippen molar-refractivity contribution in [2.45, 2.75) is 49.8 Å². The molecule has 4 N–H and O–H groups in total. The Kier molecular flexibility index (Phi) is 9.44. The standard InChI is InChI=1S/C22H18Cl2F12N2O3/c1-3-39-11-7-5-9(13(23)15(11)37)17(25,26)19(29,21(31,32)33)41-20(30,22(34,35)36)18(27,28)10-6-8-12(40-4-2)16(38)14(10)24/h5-8H,3-4,37-38H2,1-2H3. The number of nitrogens with two attached hydrogens (primary N) is 2. The van der Waals surface area contributed by atoms with Crippen LogP contribution in [0.2, 0.25) is 10.0 Å². The summed E-state index contributed by atoms with van der Waals surface area (Å²) in [5.41, 5.74) is 4.06. The van der Waals surface area contributed by atoms with E-state index in [4.69, 9.17) is 44.1 Å². The number of benzene rings is 2. The highest BCUT2D eigenvalue weighted by atomic mass is 35.5. The monoisotopic (exact) mass is 656 g/mol. The first-order valence-electron chi connectivity index (χ1n) is 10.9. The number of nitrogen functional groups attached to an aromatic ring is 2. The van der Waals surface area contributed by atoms with Crippen LogP contribution < -0.4 is 20.9 Å². The smallest absolute Gasteiger partial charge is 0.455 e. The van der Waals surface area contributed by atoms with Gasteiger partial charge in [-0.25, -0.2) is 0 Å². The number of halogens is 14. The molecule has 0 aliphatic heterocycles. The minimum Gasteiger partial charge on any atom is -0.492 e. The van der Waals surface area contributed by atoms with E-state index in [1.54, 1.807) is 0 Å². The normalized spacial score (nSPS) is 16.2. The predicted molar refractivity (Wildman–Crippen MR) is 123 cm³/mol. The summed E-state index contributed by atoms with van der Waals surface area (Å²) < 4.78 is 187. The minimum absolute atomic E-state index is 0.0667. The molecular weight excluding hydrogens is 639 g/mol. The SMILES string of the molecule is CCOc1ccc(C(F)(F)C(F)(OC(F)(C(F)(F)F)C(F)(F)c2ccc(OCC)c(N)c2Cl)C(F)(F)F)c(Cl)c1N. The van der Waals surface area contributed by atoms with Gasteiger partial charge in [0.1, 0.15) is 11.5 Å². The molecule has 0 amide bonds. The van der Waals surface area contributed by atoms with Gasteiger partial charge in [-0.05, 0) is 38.1 Å². The van der Waals surface area contributed by atoms with Gasteiger partial charge in [0.25, 0.3) is 0 Å². The molecule has 2 rings (SSSR count). The Labute approximate surface area is 233 Å². The molecule has 41 heavy (non-hydrogen) atoms. The third kappa shape index (κ3) is 5.59. The number of alkyl halides is 12. The molecule has 0 aromatic heterocycles. The zero-order chi connectivity index (χ0) is 32.0. The van der Waals surface area contributed by atoms with Gasteiger partial charge in [0.2, 0.25) is 0 Å². The van der Waals surface area contributed by atoms with E-state index in [0.29, 0.717) is 12.1 Å². The maximum absolute atomic E-state index is 15.4. The van der Waals surface area contributed by atoms with E-state index < -0.39 is 80.0 Å². The fraction of sp³-hybridized carbons (Fsp3) is 0.455. The lowest BCUT2D eigenvalue weighted by Crippen LogP contribution is -2.66. The Bertz CT molecular complexity index is 1180. The maximum atomic E-state index is 15.4. The van der Waals surface area contributed by atoms with E-state index in [-0.39, 0.29) is 25.3 Å². The first-order chi connectivity index (χ1) is 18.5. The maximum Gasteiger partial charge on any atom is 0.455 e. The summed E-state index contributed by atoms with van der Waals surface area (Å²) in [5.74, 6) is -28.3. The highest BCUT2D eigenvalue weighted by Gasteiger charge is 2.84. The van der Waals surface area contributed by atoms with Gasteiger partial charge in [-0.3, -0.25) is 4.74 Å². The molecule has 0 aliphatic carbocycles. The first-order valence-corrected chi connectivity index (χ1v) is 11.6. The number of hydrogen-bond acceptors (Lipinski definition) is 5. The van der Waals surface area contributed by atoms with Crippen molar-refractivity contribution in [2.24, 2.45) is 0 Å². The van der Waals surface area contributed by atoms with Crippen LogP contribution in [0.25, 0.3) is 0 Å². The van der Waals surface area contributed by atoms with E-state index >= 15 is 26.3 Å². The predicted octanol–water partition coefficient (Wildman–Crippen LogP) is 8.31. The van der Waals surface area contributed by atoms with Gasteiger partial charge in [0.15, 0.2) is 0 Å². The van der Waals surface area contributed by atoms with Gasteiger partial charge in [0, 0.05) is 11.1 Å². The molecule has 2 aromatic rings. The zero-order valence-corrected chi connectivity index (χ0v) is 21.9. The van der Waals surface area contributed by atoms with Crippen LogP contribution in [0, 0.1) is 0 Å². The molecule has 19 heteroatoms. The van der Waals surface area contributed by atoms with Gasteiger partial charge < -0.3 is 20.9 Å². The molecule has 2 unspecified atom stereocenters. The van der Waals surface area contributed by atoms with Crippen LogP contribution in [-0.2, 0) is 16.6 Å². The molecule has 0 fully saturated rings. The summed E-state index contributed by atoms with van der Waals surface area (Å²) in [7, 11) is 0. The van der Waals surface area contributed by atoms with Crippen LogP contribution in [0.15, 0.2) is 24.3 Å². The van der Waals surface area contributed by atoms with Gasteiger partial charge in [0.05, 0.1) is 34.6 Å². The third-order valence-corrected chi connectivity index (χ3v) is 6.19. The van der Waals surface area contributed by atoms with Crippen molar-refractivity contribution in [3.05, 3.63) is 45.4 Å². The van der Waals surface area contributed by atoms with E-state index in [9.17, 15) is 26.3 Å². The number of ether oxygens (including phenoxy) is 3. The summed E-state index contributed by atoms with van der Waals surface area (Å²) in [6.07, 6.45) is -14.7. The van der Waals surface area contributed by atoms with Crippen molar-refractivity contribution in [1.29, 1.82) is 0 Å². The highest BCUT2D eigenvalue weighted by Crippen LogP contribution is 2.62. The lowest BCUT2D eigenvalue weighted by molar-refractivity contribution is -0.505. The molecule has 0 spiro atoms. The van der Waals surface area contributed by atoms with Crippen molar-refractivity contribution in [2.75, 3.05) is 24.7 Å². The quantitative estimate of drug-likeness (QED) is 0.199. The van der Waals surface area contributed by atoms with Crippen LogP contribution in [0.4, 0.5) is 64.1 Å². The molecule has 0 saturated heterocycles. The van der Waals surface area contributed by atoms with E-state index in [1.165, 1.54) is 13.8 Å². The molecule has 0 heterocycles. The van der Waals surface area contributed by atoms with Crippen LogP contribution in [-0.4, -0.2) is 37.3 Å². The van der Waals surface area contributed by atoms with Gasteiger partial charge in [-0.2, -0.15) is 52.7 Å². The van der Waals surface area contributed by atoms with E-state index in [1.807, 2.05) is 0 Å². The summed E-state index contributed by atoms with van der Waals surface area (Å²) in [6, 6.07) is 0.716. The van der Waals surface area contributed by atoms with Crippen molar-refractivity contribution < 1.29 is 66.9 Å². The van der Waals surface area contributed by atoms with Crippen LogP contribution in [0.1, 0.15) is 25.0 Å². The molecule has 0 aliphatic rings. The van der Waals surface area contributed by atoms with Crippen molar-refractivity contribution >= 4 is 34.6 Å². The molecule has 5 nitrogen and oxygen atoms in total. The largest absolute Gasteiger partial charge is 0.492 e. The van der Waals surface area contributed by atoms with Crippen molar-refractivity contribution in [3.8, 4) is 11.5 Å². The van der Waals surface area contributed by atoms with E-state index in [0.717, 1.165) is 0 Å². The highest BCUT2D eigenvalue weighted by molar-refractivity contribution is 6.34. The number of hydrogen-bond donors (Lipinski definition) is 2. The van der Waals surface area contributed by atoms with Gasteiger partial charge >= 0.3 is 35.9 Å². The summed E-state index contributed by atoms with van der Waals surface area (Å²) in [4.78, 5) is 0. The van der Waals surface area contributed by atoms with Gasteiger partial charge in [-0.15, -0.1) is 0 Å². The minimum atomic E-state index is -7.33. The zero-order valence-electron chi connectivity index (χ0n) is 20.4. The molecule has 2 aromatic carbocycles. The van der Waals surface area contributed by atoms with Gasteiger partial charge in [-0.1, -0.05) is 23.2 Å². The number of rotatable bonds is 10. The average Bonchev–Trinajstić information content (AvgIpc) is 2.83. The lowest BCUT2D eigenvalue weighted by Gasteiger charge is -2.42. The first kappa shape index (κ1) is 34.5. The Morgan fingerprint density at radius 2 is 0.878 bits per heavy atom. The summed E-state index contributed by atoms with van der Waals surface area (Å²) >= 11 is 11.0. The molecule has 0 radical (unpaired) electrons. The second-order valence-electron chi connectivity index (χ2n) is 7.98. The van der Waals surface area contributed by atoms with Crippen LogP contribution in [0.5, 0.6) is 11.5 Å². The second-order valence-corrected chi connectivity index (χ2v) is 8.74. The molecular formula is C22H18Cl2F12N2O3. The fourth-order valence-corrected chi connectivity index (χ4v) is 3.89. The second kappa shape index (κ2) is 11.2. The molecule has 0 saturated carbocycles. The fourth-order valence-electron chi connectivity index (χ4n) is 3.34. The molecule has 232 valence electrons. The van der Waals surface area contributed by atoms with Crippen LogP contribution >= 0.6 is 23.2 Å². The Morgan fingerprint density at radius 3 is 1.12 bits per heavy atom. The van der Waals surface area contributed by atoms with E-state index in [2.05, 4.69) is 4.74 Å². The van der Waals surface area contributed by atoms with Crippen LogP contribution in [0.3, 0.4) is 0 Å². The molecule has 0 bridgehead atoms. The number of anilines is 2. The van der Waals surface area contributed by atoms with Crippen molar-refractivity contribution in [1.82, 2.24) is 0 Å². The third-order valence-electron chi connectivity index (χ3n) is 5.37. The average molecular weight is 657 g/mol. The Hall–Kier alpha value is -2.66. The Morgan fingerprint density at radius 1 is 0.585 bits per heavy atom. The van der Waals surface area contributed by atoms with Crippen molar-refractivity contribution in [3.63, 3.8) is 0 Å². The topological polar surface area (TPSA) is 79.7 Å². The summed E-state index contributed by atoms with van der Waals surface area (Å²) in [5, 5.41) is -3.19. The Balaban J connectivity index is 2.87.